The molecule has 0 spiro atoms. The van der Waals surface area contributed by atoms with Crippen LogP contribution >= 0.6 is 0 Å². The Labute approximate surface area is 81.2 Å². The van der Waals surface area contributed by atoms with Crippen molar-refractivity contribution in [2.75, 3.05) is 0 Å². The van der Waals surface area contributed by atoms with Crippen LogP contribution < -0.4 is 0 Å². The summed E-state index contributed by atoms with van der Waals surface area (Å²) in [5.41, 5.74) is 0.470. The van der Waals surface area contributed by atoms with E-state index in [2.05, 4.69) is 26.8 Å². The van der Waals surface area contributed by atoms with E-state index in [1.807, 2.05) is 26.0 Å². The summed E-state index contributed by atoms with van der Waals surface area (Å²) in [5, 5.41) is 10.3. The van der Waals surface area contributed by atoms with Crippen molar-refractivity contribution in [1.82, 2.24) is 0 Å². The van der Waals surface area contributed by atoms with Crippen molar-refractivity contribution in [3.8, 4) is 0 Å². The Balaban J connectivity index is 3.03. The van der Waals surface area contributed by atoms with Gasteiger partial charge in [0.2, 0.25) is 0 Å². The molecule has 2 unspecified atom stereocenters. The molecular formula is C12H20O. The van der Waals surface area contributed by atoms with Crippen LogP contribution in [0.3, 0.4) is 0 Å². The Bertz CT molecular complexity index is 251. The van der Waals surface area contributed by atoms with E-state index in [0.29, 0.717) is 0 Å². The first kappa shape index (κ1) is 10.5. The molecule has 74 valence electrons. The third-order valence-electron chi connectivity index (χ3n) is 2.99. The largest absolute Gasteiger partial charge is 0.385 e. The third kappa shape index (κ3) is 1.86. The van der Waals surface area contributed by atoms with Crippen molar-refractivity contribution in [3.05, 3.63) is 23.8 Å². The SMILES string of the molecule is CC1=CC=CC(C(C)(C)C)C1(C)O. The van der Waals surface area contributed by atoms with E-state index < -0.39 is 5.60 Å². The molecule has 0 radical (unpaired) electrons. The Kier molecular flexibility index (Phi) is 2.42. The highest BCUT2D eigenvalue weighted by Crippen LogP contribution is 2.41. The minimum Gasteiger partial charge on any atom is -0.385 e. The molecule has 1 rings (SSSR count). The summed E-state index contributed by atoms with van der Waals surface area (Å²) in [5.74, 6) is 0.199. The number of allylic oxidation sites excluding steroid dienone is 2. The lowest BCUT2D eigenvalue weighted by Gasteiger charge is -2.42. The van der Waals surface area contributed by atoms with E-state index in [0.717, 1.165) is 5.57 Å². The zero-order valence-electron chi connectivity index (χ0n) is 9.26. The van der Waals surface area contributed by atoms with Crippen LogP contribution in [0.4, 0.5) is 0 Å². The highest BCUT2D eigenvalue weighted by Gasteiger charge is 2.40. The lowest BCUT2D eigenvalue weighted by atomic mass is 9.67. The van der Waals surface area contributed by atoms with Gasteiger partial charge in [0.05, 0.1) is 5.60 Å². The van der Waals surface area contributed by atoms with Crippen LogP contribution in [0, 0.1) is 11.3 Å². The first-order valence-electron chi connectivity index (χ1n) is 4.84. The zero-order valence-corrected chi connectivity index (χ0v) is 9.26. The average Bonchev–Trinajstić information content (AvgIpc) is 1.92. The summed E-state index contributed by atoms with van der Waals surface area (Å²) in [6, 6.07) is 0. The lowest BCUT2D eigenvalue weighted by Crippen LogP contribution is -2.43. The molecule has 0 bridgehead atoms. The molecule has 13 heavy (non-hydrogen) atoms. The van der Waals surface area contributed by atoms with Gasteiger partial charge in [-0.15, -0.1) is 0 Å². The van der Waals surface area contributed by atoms with Gasteiger partial charge in [0, 0.05) is 5.92 Å². The summed E-state index contributed by atoms with van der Waals surface area (Å²) in [6.45, 7) is 10.4. The van der Waals surface area contributed by atoms with Crippen molar-refractivity contribution in [2.45, 2.75) is 40.2 Å². The van der Waals surface area contributed by atoms with Crippen molar-refractivity contribution in [1.29, 1.82) is 0 Å². The Morgan fingerprint density at radius 2 is 1.92 bits per heavy atom. The second-order valence-electron chi connectivity index (χ2n) is 5.23. The summed E-state index contributed by atoms with van der Waals surface area (Å²) in [7, 11) is 0. The quantitative estimate of drug-likeness (QED) is 0.607. The van der Waals surface area contributed by atoms with Gasteiger partial charge in [0.25, 0.3) is 0 Å². The first-order valence-corrected chi connectivity index (χ1v) is 4.84. The molecule has 1 aliphatic rings. The van der Waals surface area contributed by atoms with Crippen LogP contribution in [0.5, 0.6) is 0 Å². The predicted molar refractivity (Wildman–Crippen MR) is 56.5 cm³/mol. The number of rotatable bonds is 0. The van der Waals surface area contributed by atoms with Gasteiger partial charge < -0.3 is 5.11 Å². The number of hydrogen-bond donors (Lipinski definition) is 1. The van der Waals surface area contributed by atoms with Crippen molar-refractivity contribution < 1.29 is 5.11 Å². The van der Waals surface area contributed by atoms with Crippen LogP contribution in [-0.4, -0.2) is 10.7 Å². The minimum absolute atomic E-state index is 0.107. The van der Waals surface area contributed by atoms with Gasteiger partial charge in [0.1, 0.15) is 0 Å². The van der Waals surface area contributed by atoms with E-state index >= 15 is 0 Å². The van der Waals surface area contributed by atoms with E-state index in [4.69, 9.17) is 0 Å². The van der Waals surface area contributed by atoms with E-state index in [-0.39, 0.29) is 11.3 Å². The van der Waals surface area contributed by atoms with Gasteiger partial charge in [-0.25, -0.2) is 0 Å². The predicted octanol–water partition coefficient (Wildman–Crippen LogP) is 2.92. The molecule has 0 fully saturated rings. The van der Waals surface area contributed by atoms with Gasteiger partial charge in [-0.1, -0.05) is 39.0 Å². The average molecular weight is 180 g/mol. The summed E-state index contributed by atoms with van der Waals surface area (Å²) < 4.78 is 0. The molecule has 0 heterocycles. The van der Waals surface area contributed by atoms with Crippen molar-refractivity contribution in [3.63, 3.8) is 0 Å². The first-order chi connectivity index (χ1) is 5.76. The maximum Gasteiger partial charge on any atom is 0.0896 e. The second kappa shape index (κ2) is 2.98. The fourth-order valence-corrected chi connectivity index (χ4v) is 2.04. The highest BCUT2D eigenvalue weighted by atomic mass is 16.3. The molecule has 1 heteroatoms. The Hall–Kier alpha value is -0.560. The molecule has 0 aromatic rings. The van der Waals surface area contributed by atoms with Crippen LogP contribution in [0.15, 0.2) is 23.8 Å². The number of aliphatic hydroxyl groups is 1. The standard InChI is InChI=1S/C12H20O/c1-9-7-6-8-10(11(2,3)4)12(9,5)13/h6-8,10,13H,1-5H3. The van der Waals surface area contributed by atoms with Crippen LogP contribution in [0.25, 0.3) is 0 Å². The number of hydrogen-bond acceptors (Lipinski definition) is 1. The highest BCUT2D eigenvalue weighted by molar-refractivity contribution is 5.29. The lowest BCUT2D eigenvalue weighted by molar-refractivity contribution is 0.00605. The van der Waals surface area contributed by atoms with Gasteiger partial charge in [-0.3, -0.25) is 0 Å². The van der Waals surface area contributed by atoms with Crippen molar-refractivity contribution in [2.24, 2.45) is 11.3 Å². The molecular weight excluding hydrogens is 160 g/mol. The summed E-state index contributed by atoms with van der Waals surface area (Å²) >= 11 is 0. The summed E-state index contributed by atoms with van der Waals surface area (Å²) in [4.78, 5) is 0. The Morgan fingerprint density at radius 3 is 2.31 bits per heavy atom. The van der Waals surface area contributed by atoms with Crippen LogP contribution in [0.1, 0.15) is 34.6 Å². The zero-order chi connectivity index (χ0) is 10.3. The topological polar surface area (TPSA) is 20.2 Å². The molecule has 2 atom stereocenters. The minimum atomic E-state index is -0.688. The molecule has 0 aromatic heterocycles. The fraction of sp³-hybridized carbons (Fsp3) is 0.667. The van der Waals surface area contributed by atoms with E-state index in [9.17, 15) is 5.11 Å². The van der Waals surface area contributed by atoms with Crippen LogP contribution in [-0.2, 0) is 0 Å². The van der Waals surface area contributed by atoms with Gasteiger partial charge >= 0.3 is 0 Å². The molecule has 1 aliphatic carbocycles. The Morgan fingerprint density at radius 1 is 1.38 bits per heavy atom. The molecule has 0 amide bonds. The molecule has 1 nitrogen and oxygen atoms in total. The molecule has 1 N–H and O–H groups in total. The summed E-state index contributed by atoms with van der Waals surface area (Å²) in [6.07, 6.45) is 6.14. The van der Waals surface area contributed by atoms with Gasteiger partial charge in [-0.2, -0.15) is 0 Å². The van der Waals surface area contributed by atoms with E-state index in [1.54, 1.807) is 0 Å². The van der Waals surface area contributed by atoms with Gasteiger partial charge in [0.15, 0.2) is 0 Å². The van der Waals surface area contributed by atoms with Crippen LogP contribution in [0.2, 0.25) is 0 Å². The van der Waals surface area contributed by atoms with Gasteiger partial charge in [-0.05, 0) is 24.8 Å². The normalized spacial score (nSPS) is 34.6. The maximum absolute atomic E-state index is 10.3. The molecule has 0 saturated carbocycles. The fourth-order valence-electron chi connectivity index (χ4n) is 2.04. The second-order valence-corrected chi connectivity index (χ2v) is 5.23. The van der Waals surface area contributed by atoms with Crippen molar-refractivity contribution >= 4 is 0 Å². The molecule has 0 saturated heterocycles. The van der Waals surface area contributed by atoms with E-state index in [1.165, 1.54) is 0 Å². The molecule has 0 aliphatic heterocycles. The third-order valence-corrected chi connectivity index (χ3v) is 2.99. The smallest absolute Gasteiger partial charge is 0.0896 e. The monoisotopic (exact) mass is 180 g/mol. The molecule has 0 aromatic carbocycles. The maximum atomic E-state index is 10.3.